The Hall–Kier alpha value is -3.22. The van der Waals surface area contributed by atoms with E-state index >= 15 is 0 Å². The molecule has 0 saturated carbocycles. The van der Waals surface area contributed by atoms with E-state index in [-0.39, 0.29) is 22.4 Å². The van der Waals surface area contributed by atoms with E-state index in [2.05, 4.69) is 23.6 Å². The molecule has 7 nitrogen and oxygen atoms in total. The fourth-order valence-electron chi connectivity index (χ4n) is 3.53. The molecule has 0 radical (unpaired) electrons. The first-order valence-corrected chi connectivity index (χ1v) is 10.7. The van der Waals surface area contributed by atoms with Crippen LogP contribution in [-0.2, 0) is 16.2 Å². The highest BCUT2D eigenvalue weighted by atomic mass is 16.7. The number of non-ortho nitro benzene ring substituents is 1. The zero-order valence-corrected chi connectivity index (χ0v) is 19.3. The first kappa shape index (κ1) is 24.1. The van der Waals surface area contributed by atoms with Crippen LogP contribution in [0.4, 0.5) is 5.69 Å². The van der Waals surface area contributed by atoms with E-state index in [0.29, 0.717) is 5.71 Å². The van der Waals surface area contributed by atoms with Crippen LogP contribution < -0.4 is 0 Å². The van der Waals surface area contributed by atoms with Gasteiger partial charge in [-0.25, -0.2) is 4.79 Å². The van der Waals surface area contributed by atoms with Crippen molar-refractivity contribution in [2.24, 2.45) is 17.0 Å². The lowest BCUT2D eigenvalue weighted by Crippen LogP contribution is -2.19. The summed E-state index contributed by atoms with van der Waals surface area (Å²) in [5.74, 6) is -0.128. The lowest BCUT2D eigenvalue weighted by molar-refractivity contribution is -0.384. The number of hydrogen-bond acceptors (Lipinski definition) is 5. The molecule has 0 N–H and O–H groups in total. The Morgan fingerprint density at radius 3 is 2.19 bits per heavy atom. The summed E-state index contributed by atoms with van der Waals surface area (Å²) in [6, 6.07) is 10.9. The average Bonchev–Trinajstić information content (AvgIpc) is 3.07. The van der Waals surface area contributed by atoms with Crippen molar-refractivity contribution in [3.63, 3.8) is 0 Å². The van der Waals surface area contributed by atoms with Crippen LogP contribution >= 0.6 is 0 Å². The van der Waals surface area contributed by atoms with Gasteiger partial charge in [-0.05, 0) is 31.0 Å². The van der Waals surface area contributed by atoms with Crippen molar-refractivity contribution in [3.8, 4) is 0 Å². The summed E-state index contributed by atoms with van der Waals surface area (Å²) in [6.45, 7) is 14.3. The third kappa shape index (κ3) is 4.93. The second-order valence-electron chi connectivity index (χ2n) is 7.53. The molecule has 2 aromatic carbocycles. The molecule has 1 unspecified atom stereocenters. The number of benzene rings is 2. The van der Waals surface area contributed by atoms with Crippen LogP contribution in [0, 0.1) is 22.0 Å². The van der Waals surface area contributed by atoms with E-state index in [1.165, 1.54) is 13.0 Å². The Labute approximate surface area is 182 Å². The molecule has 0 amide bonds. The van der Waals surface area contributed by atoms with Crippen molar-refractivity contribution in [1.82, 2.24) is 4.57 Å². The number of fused-ring (bicyclic) bond motifs is 3. The molecule has 1 atom stereocenters. The number of aryl methyl sites for hydroxylation is 1. The Balaban J connectivity index is 0.00000166. The van der Waals surface area contributed by atoms with Crippen LogP contribution in [0.2, 0.25) is 0 Å². The molecule has 1 heterocycles. The largest absolute Gasteiger partial charge is 0.341 e. The topological polar surface area (TPSA) is 86.7 Å². The summed E-state index contributed by atoms with van der Waals surface area (Å²) in [4.78, 5) is 27.2. The van der Waals surface area contributed by atoms with Crippen molar-refractivity contribution >= 4 is 39.2 Å². The number of oxime groups is 1. The van der Waals surface area contributed by atoms with E-state index in [4.69, 9.17) is 4.84 Å². The van der Waals surface area contributed by atoms with Crippen molar-refractivity contribution < 1.29 is 14.6 Å². The van der Waals surface area contributed by atoms with Crippen LogP contribution in [0.1, 0.15) is 54.0 Å². The highest BCUT2D eigenvalue weighted by Crippen LogP contribution is 2.33. The maximum absolute atomic E-state index is 11.3. The van der Waals surface area contributed by atoms with E-state index in [1.807, 2.05) is 45.9 Å². The second-order valence-corrected chi connectivity index (χ2v) is 7.53. The lowest BCUT2D eigenvalue weighted by Gasteiger charge is -2.18. The minimum atomic E-state index is -0.474. The first-order valence-electron chi connectivity index (χ1n) is 10.7. The standard InChI is InChI=1S/C22H25N3O4.C2H6/c1-6-24-20-9-7-16(22(14(4)13(2)3)23-29-15(5)26)11-18(20)19-12-17(25(27)28)8-10-21(19)24;1-2/h7-14H,6H2,1-5H3;1-2H3/b23-22+;. The van der Waals surface area contributed by atoms with Gasteiger partial charge in [0.05, 0.1) is 10.6 Å². The van der Waals surface area contributed by atoms with Gasteiger partial charge in [0.25, 0.3) is 5.69 Å². The third-order valence-electron chi connectivity index (χ3n) is 5.38. The molecule has 3 aromatic rings. The zero-order valence-electron chi connectivity index (χ0n) is 19.3. The molecule has 0 bridgehead atoms. The number of aromatic nitrogens is 1. The van der Waals surface area contributed by atoms with Gasteiger partial charge in [-0.2, -0.15) is 0 Å². The molecule has 166 valence electrons. The molecule has 0 fully saturated rings. The SMILES string of the molecule is CC.CCn1c2ccc(/C(=N/OC(C)=O)C(C)C(C)C)cc2c2cc([N+](=O)[O-])ccc21. The quantitative estimate of drug-likeness (QED) is 0.200. The Kier molecular flexibility index (Phi) is 7.91. The monoisotopic (exact) mass is 425 g/mol. The molecule has 0 aliphatic carbocycles. The highest BCUT2D eigenvalue weighted by Gasteiger charge is 2.20. The van der Waals surface area contributed by atoms with Gasteiger partial charge in [0.2, 0.25) is 0 Å². The smallest absolute Gasteiger partial charge is 0.331 e. The van der Waals surface area contributed by atoms with E-state index < -0.39 is 5.97 Å². The summed E-state index contributed by atoms with van der Waals surface area (Å²) in [6.07, 6.45) is 0. The maximum Gasteiger partial charge on any atom is 0.331 e. The molecule has 3 rings (SSSR count). The van der Waals surface area contributed by atoms with E-state index in [9.17, 15) is 14.9 Å². The highest BCUT2D eigenvalue weighted by molar-refractivity contribution is 6.12. The van der Waals surface area contributed by atoms with Gasteiger partial charge in [-0.15, -0.1) is 0 Å². The van der Waals surface area contributed by atoms with Gasteiger partial charge < -0.3 is 9.40 Å². The third-order valence-corrected chi connectivity index (χ3v) is 5.38. The lowest BCUT2D eigenvalue weighted by atomic mass is 9.88. The van der Waals surface area contributed by atoms with Crippen molar-refractivity contribution in [2.75, 3.05) is 0 Å². The summed E-state index contributed by atoms with van der Waals surface area (Å²) in [7, 11) is 0. The molecule has 1 aromatic heterocycles. The average molecular weight is 426 g/mol. The van der Waals surface area contributed by atoms with Crippen LogP contribution in [0.3, 0.4) is 0 Å². The number of carbonyl (C=O) groups is 1. The van der Waals surface area contributed by atoms with Gasteiger partial charge in [-0.3, -0.25) is 10.1 Å². The van der Waals surface area contributed by atoms with Crippen LogP contribution in [0.5, 0.6) is 0 Å². The normalized spacial score (nSPS) is 12.6. The van der Waals surface area contributed by atoms with E-state index in [0.717, 1.165) is 33.9 Å². The number of nitro groups is 1. The fraction of sp³-hybridized carbons (Fsp3) is 0.417. The molecule has 31 heavy (non-hydrogen) atoms. The van der Waals surface area contributed by atoms with Gasteiger partial charge >= 0.3 is 5.97 Å². The van der Waals surface area contributed by atoms with E-state index in [1.54, 1.807) is 12.1 Å². The summed E-state index contributed by atoms with van der Waals surface area (Å²) in [5, 5.41) is 17.1. The first-order chi connectivity index (χ1) is 14.7. The summed E-state index contributed by atoms with van der Waals surface area (Å²) >= 11 is 0. The number of nitrogens with zero attached hydrogens (tertiary/aromatic N) is 3. The zero-order chi connectivity index (χ0) is 23.3. The number of carbonyl (C=O) groups excluding carboxylic acids is 1. The Morgan fingerprint density at radius 1 is 1.10 bits per heavy atom. The van der Waals surface area contributed by atoms with Gasteiger partial charge in [-0.1, -0.05) is 45.8 Å². The second kappa shape index (κ2) is 10.2. The van der Waals surface area contributed by atoms with Gasteiger partial charge in [0.15, 0.2) is 0 Å². The van der Waals surface area contributed by atoms with Crippen molar-refractivity contribution in [1.29, 1.82) is 0 Å². The number of nitro benzene ring substituents is 1. The predicted molar refractivity (Wildman–Crippen MR) is 125 cm³/mol. The van der Waals surface area contributed by atoms with Crippen LogP contribution in [0.25, 0.3) is 21.8 Å². The summed E-state index contributed by atoms with van der Waals surface area (Å²) < 4.78 is 2.13. The van der Waals surface area contributed by atoms with Gasteiger partial charge in [0, 0.05) is 58.9 Å². The molecular weight excluding hydrogens is 394 g/mol. The molecule has 0 saturated heterocycles. The molecule has 0 aliphatic heterocycles. The van der Waals surface area contributed by atoms with Crippen molar-refractivity contribution in [2.45, 2.75) is 55.0 Å². The number of rotatable bonds is 6. The Bertz CT molecular complexity index is 1130. The van der Waals surface area contributed by atoms with Crippen LogP contribution in [-0.4, -0.2) is 21.2 Å². The minimum Gasteiger partial charge on any atom is -0.341 e. The summed E-state index contributed by atoms with van der Waals surface area (Å²) in [5.41, 5.74) is 3.51. The predicted octanol–water partition coefficient (Wildman–Crippen LogP) is 6.31. The molecule has 0 spiro atoms. The van der Waals surface area contributed by atoms with Gasteiger partial charge in [0.1, 0.15) is 0 Å². The Morgan fingerprint density at radius 2 is 1.68 bits per heavy atom. The maximum atomic E-state index is 11.3. The fourth-order valence-corrected chi connectivity index (χ4v) is 3.53. The minimum absolute atomic E-state index is 0.0562. The molecule has 7 heteroatoms. The van der Waals surface area contributed by atoms with Crippen LogP contribution in [0.15, 0.2) is 41.6 Å². The molecule has 0 aliphatic rings. The van der Waals surface area contributed by atoms with Crippen molar-refractivity contribution in [3.05, 3.63) is 52.1 Å². The number of hydrogen-bond donors (Lipinski definition) is 0. The molecular formula is C24H31N3O4.